The molecule has 0 aromatic heterocycles. The third-order valence-electron chi connectivity index (χ3n) is 1.19. The van der Waals surface area contributed by atoms with Crippen LogP contribution in [0.3, 0.4) is 0 Å². The lowest BCUT2D eigenvalue weighted by Crippen LogP contribution is -1.85. The Kier molecular flexibility index (Phi) is 3.50. The van der Waals surface area contributed by atoms with Crippen LogP contribution in [0.2, 0.25) is 0 Å². The molecule has 3 nitrogen and oxygen atoms in total. The van der Waals surface area contributed by atoms with Crippen molar-refractivity contribution in [2.45, 2.75) is 0 Å². The van der Waals surface area contributed by atoms with Gasteiger partial charge in [0.05, 0.1) is 0 Å². The van der Waals surface area contributed by atoms with E-state index in [2.05, 4.69) is 4.18 Å². The fourth-order valence-corrected chi connectivity index (χ4v) is 0.862. The molecule has 4 heteroatoms. The molecule has 1 aromatic carbocycles. The molecular weight excluding hydrogens is 176 g/mol. The Labute approximate surface area is 73.2 Å². The van der Waals surface area contributed by atoms with Gasteiger partial charge in [-0.15, -0.1) is 0 Å². The molecular formula is C8H7O3S-. The van der Waals surface area contributed by atoms with Crippen molar-refractivity contribution in [3.8, 4) is 0 Å². The predicted octanol–water partition coefficient (Wildman–Crippen LogP) is 1.47. The maximum Gasteiger partial charge on any atom is 0.138 e. The van der Waals surface area contributed by atoms with Crippen LogP contribution < -0.4 is 0 Å². The molecule has 0 aliphatic rings. The van der Waals surface area contributed by atoms with Crippen LogP contribution in [0.4, 0.5) is 0 Å². The first kappa shape index (κ1) is 8.96. The number of benzene rings is 1. The topological polar surface area (TPSA) is 49.4 Å². The van der Waals surface area contributed by atoms with Crippen LogP contribution in [0.15, 0.2) is 36.6 Å². The Hall–Kier alpha value is -1.13. The second-order valence-electron chi connectivity index (χ2n) is 2.01. The van der Waals surface area contributed by atoms with Gasteiger partial charge in [0.2, 0.25) is 0 Å². The quantitative estimate of drug-likeness (QED) is 0.526. The lowest BCUT2D eigenvalue weighted by molar-refractivity contribution is 0.407. The number of rotatable bonds is 3. The molecule has 0 fully saturated rings. The van der Waals surface area contributed by atoms with Crippen LogP contribution in [0.5, 0.6) is 0 Å². The first-order chi connectivity index (χ1) is 5.79. The summed E-state index contributed by atoms with van der Waals surface area (Å²) in [5, 5.41) is 0. The predicted molar refractivity (Wildman–Crippen MR) is 45.5 cm³/mol. The Morgan fingerprint density at radius 1 is 1.33 bits per heavy atom. The zero-order chi connectivity index (χ0) is 8.81. The molecule has 1 unspecified atom stereocenters. The van der Waals surface area contributed by atoms with Crippen LogP contribution in [-0.4, -0.2) is 8.76 Å². The molecule has 0 aliphatic carbocycles. The Balaban J connectivity index is 2.52. The van der Waals surface area contributed by atoms with Gasteiger partial charge in [-0.2, -0.15) is 0 Å². The highest BCUT2D eigenvalue weighted by Gasteiger charge is 1.81. The van der Waals surface area contributed by atoms with Crippen molar-refractivity contribution in [3.63, 3.8) is 0 Å². The molecule has 0 N–H and O–H groups in total. The first-order valence-corrected chi connectivity index (χ1v) is 4.27. The second-order valence-corrected chi connectivity index (χ2v) is 2.61. The number of hydrogen-bond donors (Lipinski definition) is 0. The SMILES string of the molecule is O=S([O-])OC=Cc1ccccc1. The van der Waals surface area contributed by atoms with E-state index < -0.39 is 11.4 Å². The van der Waals surface area contributed by atoms with Crippen molar-refractivity contribution in [1.82, 2.24) is 0 Å². The lowest BCUT2D eigenvalue weighted by atomic mass is 10.2. The van der Waals surface area contributed by atoms with Crippen molar-refractivity contribution >= 4 is 17.4 Å². The molecule has 0 heterocycles. The largest absolute Gasteiger partial charge is 0.740 e. The summed E-state index contributed by atoms with van der Waals surface area (Å²) in [4.78, 5) is 0. The van der Waals surface area contributed by atoms with Crippen LogP contribution in [0, 0.1) is 0 Å². The summed E-state index contributed by atoms with van der Waals surface area (Å²) < 4.78 is 24.0. The average molecular weight is 183 g/mol. The summed E-state index contributed by atoms with van der Waals surface area (Å²) in [6, 6.07) is 9.27. The van der Waals surface area contributed by atoms with E-state index in [4.69, 9.17) is 0 Å². The summed E-state index contributed by atoms with van der Waals surface area (Å²) >= 11 is -2.48. The highest BCUT2D eigenvalue weighted by Crippen LogP contribution is 2.00. The highest BCUT2D eigenvalue weighted by molar-refractivity contribution is 7.74. The standard InChI is InChI=1S/C8H8O3S/c9-12(10)11-7-6-8-4-2-1-3-5-8/h1-7H,(H,9,10)/p-1. The van der Waals surface area contributed by atoms with Gasteiger partial charge in [0, 0.05) is 0 Å². The molecule has 0 amide bonds. The van der Waals surface area contributed by atoms with Gasteiger partial charge >= 0.3 is 0 Å². The molecule has 1 aromatic rings. The van der Waals surface area contributed by atoms with Gasteiger partial charge in [0.15, 0.2) is 0 Å². The summed E-state index contributed by atoms with van der Waals surface area (Å²) in [6.45, 7) is 0. The molecule has 12 heavy (non-hydrogen) atoms. The maximum absolute atomic E-state index is 9.92. The van der Waals surface area contributed by atoms with E-state index in [-0.39, 0.29) is 0 Å². The van der Waals surface area contributed by atoms with Gasteiger partial charge in [-0.3, -0.25) is 0 Å². The van der Waals surface area contributed by atoms with Gasteiger partial charge in [-0.1, -0.05) is 30.3 Å². The second kappa shape index (κ2) is 4.69. The first-order valence-electron chi connectivity index (χ1n) is 3.27. The molecule has 64 valence electrons. The van der Waals surface area contributed by atoms with E-state index in [0.717, 1.165) is 11.8 Å². The van der Waals surface area contributed by atoms with Crippen molar-refractivity contribution in [2.75, 3.05) is 0 Å². The van der Waals surface area contributed by atoms with Crippen molar-refractivity contribution in [2.24, 2.45) is 0 Å². The summed E-state index contributed by atoms with van der Waals surface area (Å²) in [5.74, 6) is 0. The third-order valence-corrected chi connectivity index (χ3v) is 1.46. The summed E-state index contributed by atoms with van der Waals surface area (Å²) in [6.07, 6.45) is 2.69. The van der Waals surface area contributed by atoms with E-state index in [1.54, 1.807) is 6.08 Å². The van der Waals surface area contributed by atoms with E-state index in [9.17, 15) is 8.76 Å². The molecule has 0 saturated carbocycles. The average Bonchev–Trinajstić information content (AvgIpc) is 2.05. The van der Waals surface area contributed by atoms with E-state index in [1.807, 2.05) is 30.3 Å². The van der Waals surface area contributed by atoms with Crippen LogP contribution in [-0.2, 0) is 15.5 Å². The minimum absolute atomic E-state index is 0.892. The third kappa shape index (κ3) is 3.32. The van der Waals surface area contributed by atoms with Crippen molar-refractivity contribution < 1.29 is 12.9 Å². The lowest BCUT2D eigenvalue weighted by Gasteiger charge is -1.99. The van der Waals surface area contributed by atoms with E-state index >= 15 is 0 Å². The highest BCUT2D eigenvalue weighted by atomic mass is 32.2. The monoisotopic (exact) mass is 183 g/mol. The van der Waals surface area contributed by atoms with Crippen LogP contribution in [0.1, 0.15) is 5.56 Å². The van der Waals surface area contributed by atoms with Crippen LogP contribution >= 0.6 is 0 Å². The van der Waals surface area contributed by atoms with Crippen LogP contribution in [0.25, 0.3) is 6.08 Å². The smallest absolute Gasteiger partial charge is 0.138 e. The van der Waals surface area contributed by atoms with Crippen molar-refractivity contribution in [3.05, 3.63) is 42.2 Å². The molecule has 0 saturated heterocycles. The number of hydrogen-bond acceptors (Lipinski definition) is 3. The van der Waals surface area contributed by atoms with Gasteiger partial charge in [0.25, 0.3) is 0 Å². The Bertz CT molecular complexity index is 282. The molecule has 1 rings (SSSR count). The fraction of sp³-hybridized carbons (Fsp3) is 0. The summed E-state index contributed by atoms with van der Waals surface area (Å²) in [7, 11) is 0. The minimum Gasteiger partial charge on any atom is -0.740 e. The van der Waals surface area contributed by atoms with Gasteiger partial charge in [-0.25, -0.2) is 4.21 Å². The van der Waals surface area contributed by atoms with Gasteiger partial charge < -0.3 is 8.74 Å². The van der Waals surface area contributed by atoms with E-state index in [0.29, 0.717) is 0 Å². The van der Waals surface area contributed by atoms with Crippen molar-refractivity contribution in [1.29, 1.82) is 0 Å². The summed E-state index contributed by atoms with van der Waals surface area (Å²) in [5.41, 5.74) is 0.892. The molecule has 0 spiro atoms. The molecule has 0 aliphatic heterocycles. The minimum atomic E-state index is -2.48. The zero-order valence-corrected chi connectivity index (χ0v) is 6.99. The van der Waals surface area contributed by atoms with E-state index in [1.165, 1.54) is 0 Å². The van der Waals surface area contributed by atoms with Gasteiger partial charge in [-0.05, 0) is 11.6 Å². The molecule has 1 atom stereocenters. The van der Waals surface area contributed by atoms with Gasteiger partial charge in [0.1, 0.15) is 17.6 Å². The fourth-order valence-electron chi connectivity index (χ4n) is 0.716. The zero-order valence-electron chi connectivity index (χ0n) is 6.17. The molecule has 0 radical (unpaired) electrons. The maximum atomic E-state index is 9.92. The normalized spacial score (nSPS) is 13.1. The Morgan fingerprint density at radius 3 is 2.58 bits per heavy atom. The Morgan fingerprint density at radius 2 is 2.00 bits per heavy atom. The molecule has 0 bridgehead atoms.